The van der Waals surface area contributed by atoms with Gasteiger partial charge in [0.15, 0.2) is 6.29 Å². The zero-order valence-corrected chi connectivity index (χ0v) is 16.1. The molecule has 0 amide bonds. The summed E-state index contributed by atoms with van der Waals surface area (Å²) in [4.78, 5) is 16.1. The van der Waals surface area contributed by atoms with E-state index >= 15 is 0 Å². The predicted octanol–water partition coefficient (Wildman–Crippen LogP) is 4.44. The molecule has 4 rings (SSSR count). The first-order valence-corrected chi connectivity index (χ1v) is 9.69. The van der Waals surface area contributed by atoms with Gasteiger partial charge in [-0.05, 0) is 18.6 Å². The summed E-state index contributed by atoms with van der Waals surface area (Å²) in [7, 11) is 0. The third-order valence-electron chi connectivity index (χ3n) is 4.38. The summed E-state index contributed by atoms with van der Waals surface area (Å²) in [6.07, 6.45) is -0.570. The van der Waals surface area contributed by atoms with Gasteiger partial charge < -0.3 is 19.3 Å². The summed E-state index contributed by atoms with van der Waals surface area (Å²) in [5.41, 5.74) is 3.03. The highest BCUT2D eigenvalue weighted by Crippen LogP contribution is 2.41. The molecule has 3 aromatic rings. The monoisotopic (exact) mass is 397 g/mol. The highest BCUT2D eigenvalue weighted by atomic mass is 32.1. The van der Waals surface area contributed by atoms with Gasteiger partial charge in [-0.2, -0.15) is 0 Å². The number of carboxylic acids is 1. The number of carboxylic acid groups (broad SMARTS) is 1. The Kier molecular flexibility index (Phi) is 5.38. The fraction of sp³-hybridized carbons (Fsp3) is 0.238. The van der Waals surface area contributed by atoms with Crippen LogP contribution < -0.4 is 4.74 Å². The standard InChI is InChI=1S/C21H19NO5S/c1-13-18(20(23)24)28-19(22-13)15-8-5-9-16(17(15)21-25-10-11-26-21)27-12-14-6-3-2-4-7-14/h2-9,21H,10-12H2,1H3,(H,23,24). The van der Waals surface area contributed by atoms with Crippen molar-refractivity contribution in [1.82, 2.24) is 4.98 Å². The van der Waals surface area contributed by atoms with Gasteiger partial charge in [0.05, 0.1) is 24.5 Å². The molecule has 0 bridgehead atoms. The van der Waals surface area contributed by atoms with Crippen molar-refractivity contribution in [1.29, 1.82) is 0 Å². The van der Waals surface area contributed by atoms with Crippen LogP contribution in [0.25, 0.3) is 10.6 Å². The lowest BCUT2D eigenvalue weighted by molar-refractivity contribution is -0.0454. The number of thiazole rings is 1. The highest BCUT2D eigenvalue weighted by Gasteiger charge is 2.28. The fourth-order valence-electron chi connectivity index (χ4n) is 3.07. The summed E-state index contributed by atoms with van der Waals surface area (Å²) < 4.78 is 17.6. The quantitative estimate of drug-likeness (QED) is 0.662. The van der Waals surface area contributed by atoms with E-state index in [9.17, 15) is 9.90 Å². The fourth-order valence-corrected chi connectivity index (χ4v) is 4.01. The number of hydrogen-bond donors (Lipinski definition) is 1. The van der Waals surface area contributed by atoms with Crippen LogP contribution >= 0.6 is 11.3 Å². The van der Waals surface area contributed by atoms with Crippen molar-refractivity contribution in [2.24, 2.45) is 0 Å². The molecule has 0 atom stereocenters. The second kappa shape index (κ2) is 8.10. The smallest absolute Gasteiger partial charge is 0.347 e. The molecule has 0 radical (unpaired) electrons. The SMILES string of the molecule is Cc1nc(-c2cccc(OCc3ccccc3)c2C2OCCO2)sc1C(=O)O. The molecule has 1 saturated heterocycles. The first kappa shape index (κ1) is 18.6. The molecule has 0 saturated carbocycles. The number of carbonyl (C=O) groups is 1. The summed E-state index contributed by atoms with van der Waals surface area (Å²) in [5, 5.41) is 9.97. The molecule has 1 aromatic heterocycles. The largest absolute Gasteiger partial charge is 0.488 e. The van der Waals surface area contributed by atoms with Crippen molar-refractivity contribution in [2.75, 3.05) is 13.2 Å². The van der Waals surface area contributed by atoms with Crippen molar-refractivity contribution in [3.63, 3.8) is 0 Å². The number of aryl methyl sites for hydroxylation is 1. The van der Waals surface area contributed by atoms with Crippen LogP contribution in [0.2, 0.25) is 0 Å². The molecule has 0 unspecified atom stereocenters. The maximum absolute atomic E-state index is 11.4. The van der Waals surface area contributed by atoms with Crippen LogP contribution in [0.3, 0.4) is 0 Å². The Hall–Kier alpha value is -2.74. The molecule has 144 valence electrons. The van der Waals surface area contributed by atoms with E-state index in [1.807, 2.05) is 48.5 Å². The summed E-state index contributed by atoms with van der Waals surface area (Å²) in [5.74, 6) is -0.342. The predicted molar refractivity (Wildman–Crippen MR) is 105 cm³/mol. The normalized spacial score (nSPS) is 14.3. The van der Waals surface area contributed by atoms with Crippen molar-refractivity contribution < 1.29 is 24.1 Å². The molecule has 2 heterocycles. The van der Waals surface area contributed by atoms with Crippen molar-refractivity contribution in [2.45, 2.75) is 19.8 Å². The third-order valence-corrected chi connectivity index (χ3v) is 5.56. The Labute approximate surface area is 166 Å². The summed E-state index contributed by atoms with van der Waals surface area (Å²) in [6.45, 7) is 3.09. The number of aromatic nitrogens is 1. The Bertz CT molecular complexity index is 980. The molecule has 0 aliphatic carbocycles. The van der Waals surface area contributed by atoms with Crippen LogP contribution in [0, 0.1) is 6.92 Å². The van der Waals surface area contributed by atoms with Crippen LogP contribution in [0.4, 0.5) is 0 Å². The van der Waals surface area contributed by atoms with Crippen molar-refractivity contribution in [3.05, 3.63) is 70.2 Å². The minimum absolute atomic E-state index is 0.227. The number of rotatable bonds is 6. The van der Waals surface area contributed by atoms with Crippen LogP contribution in [0.5, 0.6) is 5.75 Å². The van der Waals surface area contributed by atoms with Crippen LogP contribution in [-0.4, -0.2) is 29.3 Å². The first-order chi connectivity index (χ1) is 13.6. The number of benzene rings is 2. The number of nitrogens with zero attached hydrogens (tertiary/aromatic N) is 1. The van der Waals surface area contributed by atoms with Gasteiger partial charge >= 0.3 is 5.97 Å². The van der Waals surface area contributed by atoms with E-state index in [1.165, 1.54) is 0 Å². The van der Waals surface area contributed by atoms with Crippen LogP contribution in [-0.2, 0) is 16.1 Å². The lowest BCUT2D eigenvalue weighted by atomic mass is 10.1. The molecular weight excluding hydrogens is 378 g/mol. The number of ether oxygens (including phenoxy) is 3. The molecule has 7 heteroatoms. The lowest BCUT2D eigenvalue weighted by Crippen LogP contribution is -2.06. The van der Waals surface area contributed by atoms with E-state index in [4.69, 9.17) is 14.2 Å². The molecule has 1 aliphatic rings. The number of aromatic carboxylic acids is 1. The third kappa shape index (κ3) is 3.77. The minimum Gasteiger partial charge on any atom is -0.488 e. The van der Waals surface area contributed by atoms with Gasteiger partial charge in [-0.3, -0.25) is 0 Å². The molecular formula is C21H19NO5S. The second-order valence-electron chi connectivity index (χ2n) is 6.30. The Morgan fingerprint density at radius 3 is 2.61 bits per heavy atom. The Balaban J connectivity index is 1.73. The summed E-state index contributed by atoms with van der Waals surface area (Å²) in [6, 6.07) is 15.5. The van der Waals surface area contributed by atoms with Crippen molar-refractivity contribution >= 4 is 17.3 Å². The zero-order valence-electron chi connectivity index (χ0n) is 15.3. The van der Waals surface area contributed by atoms with Gasteiger partial charge in [0.1, 0.15) is 22.2 Å². The Morgan fingerprint density at radius 1 is 1.18 bits per heavy atom. The Morgan fingerprint density at radius 2 is 1.93 bits per heavy atom. The van der Waals surface area contributed by atoms with E-state index in [-0.39, 0.29) is 4.88 Å². The van der Waals surface area contributed by atoms with E-state index < -0.39 is 12.3 Å². The molecule has 2 aromatic carbocycles. The molecule has 6 nitrogen and oxygen atoms in total. The minimum atomic E-state index is -0.979. The van der Waals surface area contributed by atoms with Gasteiger partial charge in [0, 0.05) is 5.56 Å². The van der Waals surface area contributed by atoms with Crippen molar-refractivity contribution in [3.8, 4) is 16.3 Å². The first-order valence-electron chi connectivity index (χ1n) is 8.87. The van der Waals surface area contributed by atoms with Gasteiger partial charge in [0.25, 0.3) is 0 Å². The van der Waals surface area contributed by atoms with E-state index in [2.05, 4.69) is 4.98 Å². The van der Waals surface area contributed by atoms with E-state index in [0.717, 1.165) is 28.0 Å². The molecule has 28 heavy (non-hydrogen) atoms. The lowest BCUT2D eigenvalue weighted by Gasteiger charge is -2.18. The van der Waals surface area contributed by atoms with Gasteiger partial charge in [-0.1, -0.05) is 42.5 Å². The molecule has 1 aliphatic heterocycles. The topological polar surface area (TPSA) is 77.9 Å². The molecule has 0 spiro atoms. The average molecular weight is 397 g/mol. The molecule has 1 fully saturated rings. The van der Waals surface area contributed by atoms with E-state index in [1.54, 1.807) is 6.92 Å². The van der Waals surface area contributed by atoms with Gasteiger partial charge in [0.2, 0.25) is 0 Å². The molecule has 1 N–H and O–H groups in total. The summed E-state index contributed by atoms with van der Waals surface area (Å²) >= 11 is 1.14. The second-order valence-corrected chi connectivity index (χ2v) is 7.30. The van der Waals surface area contributed by atoms with Gasteiger partial charge in [-0.15, -0.1) is 11.3 Å². The number of hydrogen-bond acceptors (Lipinski definition) is 6. The van der Waals surface area contributed by atoms with E-state index in [0.29, 0.717) is 36.3 Å². The average Bonchev–Trinajstić information content (AvgIpc) is 3.36. The van der Waals surface area contributed by atoms with Crippen LogP contribution in [0.1, 0.15) is 32.8 Å². The highest BCUT2D eigenvalue weighted by molar-refractivity contribution is 7.17. The van der Waals surface area contributed by atoms with Crippen LogP contribution in [0.15, 0.2) is 48.5 Å². The van der Waals surface area contributed by atoms with Gasteiger partial charge in [-0.25, -0.2) is 9.78 Å². The maximum Gasteiger partial charge on any atom is 0.347 e. The maximum atomic E-state index is 11.4. The zero-order chi connectivity index (χ0) is 19.5.